The molecule has 4 rings (SSSR count). The highest BCUT2D eigenvalue weighted by Gasteiger charge is 2.25. The number of thiophene rings is 1. The van der Waals surface area contributed by atoms with E-state index in [1.807, 2.05) is 23.6 Å². The molecular weight excluding hydrogens is 418 g/mol. The SMILES string of the molecule is O=S(=O)(Cc1cc(F)ccc1F)NC1CCN(c2cc(-c3cccs3)[nH]n2)CC1. The van der Waals surface area contributed by atoms with Crippen molar-refractivity contribution >= 4 is 27.2 Å². The van der Waals surface area contributed by atoms with Gasteiger partial charge in [-0.1, -0.05) is 6.07 Å². The van der Waals surface area contributed by atoms with Crippen LogP contribution in [0, 0.1) is 11.6 Å². The molecule has 0 bridgehead atoms. The predicted octanol–water partition coefficient (Wildman–Crippen LogP) is 3.50. The van der Waals surface area contributed by atoms with Crippen molar-refractivity contribution in [2.45, 2.75) is 24.6 Å². The standard InChI is InChI=1S/C19H20F2N4O2S2/c20-14-3-4-16(21)13(10-14)12-29(26,27)24-15-5-7-25(8-6-15)19-11-17(22-23-19)18-2-1-9-28-18/h1-4,9-11,15,24H,5-8,12H2,(H,22,23). The number of nitrogens with one attached hydrogen (secondary N) is 2. The van der Waals surface area contributed by atoms with E-state index in [4.69, 9.17) is 0 Å². The minimum Gasteiger partial charge on any atom is -0.355 e. The molecule has 29 heavy (non-hydrogen) atoms. The highest BCUT2D eigenvalue weighted by atomic mass is 32.2. The maximum Gasteiger partial charge on any atom is 0.216 e. The monoisotopic (exact) mass is 438 g/mol. The summed E-state index contributed by atoms with van der Waals surface area (Å²) in [7, 11) is -3.78. The number of piperidine rings is 1. The number of sulfonamides is 1. The first kappa shape index (κ1) is 20.0. The predicted molar refractivity (Wildman–Crippen MR) is 109 cm³/mol. The summed E-state index contributed by atoms with van der Waals surface area (Å²) in [6.07, 6.45) is 1.21. The summed E-state index contributed by atoms with van der Waals surface area (Å²) in [6, 6.07) is 8.56. The highest BCUT2D eigenvalue weighted by molar-refractivity contribution is 7.88. The van der Waals surface area contributed by atoms with E-state index < -0.39 is 27.4 Å². The van der Waals surface area contributed by atoms with Gasteiger partial charge in [-0.3, -0.25) is 5.10 Å². The first-order valence-corrected chi connectivity index (χ1v) is 11.7. The zero-order valence-corrected chi connectivity index (χ0v) is 17.1. The van der Waals surface area contributed by atoms with E-state index in [1.165, 1.54) is 0 Å². The second-order valence-corrected chi connectivity index (χ2v) is 9.69. The topological polar surface area (TPSA) is 78.1 Å². The summed E-state index contributed by atoms with van der Waals surface area (Å²) < 4.78 is 54.4. The van der Waals surface area contributed by atoms with Crippen LogP contribution in [0.3, 0.4) is 0 Å². The van der Waals surface area contributed by atoms with Crippen LogP contribution in [-0.4, -0.2) is 37.7 Å². The number of hydrogen-bond donors (Lipinski definition) is 2. The Hall–Kier alpha value is -2.30. The van der Waals surface area contributed by atoms with Gasteiger partial charge in [-0.15, -0.1) is 11.3 Å². The molecule has 2 N–H and O–H groups in total. The fourth-order valence-corrected chi connectivity index (χ4v) is 5.56. The molecule has 0 spiro atoms. The Balaban J connectivity index is 1.34. The third kappa shape index (κ3) is 4.82. The number of rotatable bonds is 6. The van der Waals surface area contributed by atoms with E-state index in [1.54, 1.807) is 11.3 Å². The number of halogens is 2. The summed E-state index contributed by atoms with van der Waals surface area (Å²) in [6.45, 7) is 1.30. The molecule has 1 aliphatic rings. The van der Waals surface area contributed by atoms with Gasteiger partial charge in [0, 0.05) is 30.8 Å². The lowest BCUT2D eigenvalue weighted by molar-refractivity contribution is 0.457. The first-order valence-electron chi connectivity index (χ1n) is 9.18. The lowest BCUT2D eigenvalue weighted by Gasteiger charge is -2.32. The summed E-state index contributed by atoms with van der Waals surface area (Å²) in [4.78, 5) is 3.21. The Labute approximate surface area is 171 Å². The third-order valence-electron chi connectivity index (χ3n) is 4.87. The molecule has 0 atom stereocenters. The van der Waals surface area contributed by atoms with E-state index in [-0.39, 0.29) is 11.6 Å². The molecule has 0 unspecified atom stereocenters. The largest absolute Gasteiger partial charge is 0.355 e. The quantitative estimate of drug-likeness (QED) is 0.618. The fourth-order valence-electron chi connectivity index (χ4n) is 3.41. The lowest BCUT2D eigenvalue weighted by atomic mass is 10.1. The second kappa shape index (κ2) is 8.21. The van der Waals surface area contributed by atoms with Gasteiger partial charge in [-0.05, 0) is 42.5 Å². The van der Waals surface area contributed by atoms with Gasteiger partial charge < -0.3 is 4.90 Å². The smallest absolute Gasteiger partial charge is 0.216 e. The first-order chi connectivity index (χ1) is 13.9. The van der Waals surface area contributed by atoms with Crippen LogP contribution in [0.4, 0.5) is 14.6 Å². The van der Waals surface area contributed by atoms with Gasteiger partial charge in [0.05, 0.1) is 16.3 Å². The maximum atomic E-state index is 13.7. The van der Waals surface area contributed by atoms with Crippen LogP contribution in [0.15, 0.2) is 41.8 Å². The van der Waals surface area contributed by atoms with Crippen molar-refractivity contribution in [3.05, 3.63) is 59.0 Å². The molecule has 10 heteroatoms. The van der Waals surface area contributed by atoms with Crippen molar-refractivity contribution in [3.8, 4) is 10.6 Å². The zero-order valence-electron chi connectivity index (χ0n) is 15.4. The van der Waals surface area contributed by atoms with Crippen molar-refractivity contribution < 1.29 is 17.2 Å². The van der Waals surface area contributed by atoms with Gasteiger partial charge in [0.1, 0.15) is 11.6 Å². The van der Waals surface area contributed by atoms with Gasteiger partial charge in [-0.25, -0.2) is 21.9 Å². The van der Waals surface area contributed by atoms with Gasteiger partial charge in [-0.2, -0.15) is 5.10 Å². The molecular formula is C19H20F2N4O2S2. The van der Waals surface area contributed by atoms with Crippen molar-refractivity contribution in [1.82, 2.24) is 14.9 Å². The van der Waals surface area contributed by atoms with E-state index >= 15 is 0 Å². The number of H-pyrrole nitrogens is 1. The van der Waals surface area contributed by atoms with Crippen LogP contribution in [0.2, 0.25) is 0 Å². The number of hydrogen-bond acceptors (Lipinski definition) is 5. The number of anilines is 1. The van der Waals surface area contributed by atoms with Crippen LogP contribution in [0.25, 0.3) is 10.6 Å². The minimum atomic E-state index is -3.78. The van der Waals surface area contributed by atoms with Crippen molar-refractivity contribution in [3.63, 3.8) is 0 Å². The van der Waals surface area contributed by atoms with Crippen LogP contribution in [0.1, 0.15) is 18.4 Å². The Morgan fingerprint density at radius 3 is 2.72 bits per heavy atom. The normalized spacial score (nSPS) is 15.7. The average molecular weight is 439 g/mol. The molecule has 1 aliphatic heterocycles. The summed E-state index contributed by atoms with van der Waals surface area (Å²) >= 11 is 1.63. The number of aromatic nitrogens is 2. The molecule has 0 radical (unpaired) electrons. The molecule has 6 nitrogen and oxygen atoms in total. The van der Waals surface area contributed by atoms with Crippen LogP contribution < -0.4 is 9.62 Å². The van der Waals surface area contributed by atoms with Crippen molar-refractivity contribution in [2.24, 2.45) is 0 Å². The maximum absolute atomic E-state index is 13.7. The van der Waals surface area contributed by atoms with Crippen molar-refractivity contribution in [1.29, 1.82) is 0 Å². The van der Waals surface area contributed by atoms with Crippen LogP contribution >= 0.6 is 11.3 Å². The average Bonchev–Trinajstić information content (AvgIpc) is 3.36. The van der Waals surface area contributed by atoms with Gasteiger partial charge in [0.2, 0.25) is 10.0 Å². The molecule has 0 saturated carbocycles. The van der Waals surface area contributed by atoms with Crippen LogP contribution in [0.5, 0.6) is 0 Å². The van der Waals surface area contributed by atoms with E-state index in [9.17, 15) is 17.2 Å². The zero-order chi connectivity index (χ0) is 20.4. The minimum absolute atomic E-state index is 0.174. The summed E-state index contributed by atoms with van der Waals surface area (Å²) in [5.74, 6) is -1.14. The van der Waals surface area contributed by atoms with Gasteiger partial charge in [0.25, 0.3) is 0 Å². The van der Waals surface area contributed by atoms with E-state index in [0.29, 0.717) is 25.9 Å². The van der Waals surface area contributed by atoms with Crippen molar-refractivity contribution in [2.75, 3.05) is 18.0 Å². The molecule has 2 aromatic heterocycles. The van der Waals surface area contributed by atoms with E-state index in [0.717, 1.165) is 34.6 Å². The van der Waals surface area contributed by atoms with Gasteiger partial charge >= 0.3 is 0 Å². The highest BCUT2D eigenvalue weighted by Crippen LogP contribution is 2.27. The molecule has 0 amide bonds. The molecule has 1 saturated heterocycles. The lowest BCUT2D eigenvalue weighted by Crippen LogP contribution is -2.45. The van der Waals surface area contributed by atoms with Crippen LogP contribution in [-0.2, 0) is 15.8 Å². The number of nitrogens with zero attached hydrogens (tertiary/aromatic N) is 2. The Bertz CT molecular complexity index is 1080. The molecule has 3 aromatic rings. The molecule has 1 fully saturated rings. The molecule has 3 heterocycles. The summed E-state index contributed by atoms with van der Waals surface area (Å²) in [5.41, 5.74) is 0.780. The Morgan fingerprint density at radius 2 is 2.00 bits per heavy atom. The van der Waals surface area contributed by atoms with E-state index in [2.05, 4.69) is 19.8 Å². The summed E-state index contributed by atoms with van der Waals surface area (Å²) in [5, 5.41) is 9.40. The Kier molecular flexibility index (Phi) is 5.66. The molecule has 154 valence electrons. The number of aromatic amines is 1. The third-order valence-corrected chi connectivity index (χ3v) is 7.16. The van der Waals surface area contributed by atoms with Gasteiger partial charge in [0.15, 0.2) is 5.82 Å². The molecule has 0 aliphatic carbocycles. The molecule has 1 aromatic carbocycles. The fraction of sp³-hybridized carbons (Fsp3) is 0.316. The number of benzene rings is 1. The Morgan fingerprint density at radius 1 is 1.21 bits per heavy atom. The second-order valence-electron chi connectivity index (χ2n) is 6.99.